The Hall–Kier alpha value is -2.21. The number of aromatic nitrogens is 2. The standard InChI is InChI=1S/C22H31N3O3/c1-15(2)18-9-8-16(3)12-20(18)28-14-21(26)23-10-11-25-22(27)19-7-5-4-6-17(19)13-24-25/h4-7,13,15-16,18,20H,8-12,14H2,1-3H3,(H,23,26). The molecule has 28 heavy (non-hydrogen) atoms. The number of carbonyl (C=O) groups is 1. The Morgan fingerprint density at radius 2 is 2.11 bits per heavy atom. The molecule has 1 amide bonds. The molecule has 1 N–H and O–H groups in total. The lowest BCUT2D eigenvalue weighted by Gasteiger charge is -2.37. The Morgan fingerprint density at radius 3 is 2.89 bits per heavy atom. The average Bonchev–Trinajstić information content (AvgIpc) is 2.68. The summed E-state index contributed by atoms with van der Waals surface area (Å²) in [5.74, 6) is 1.58. The van der Waals surface area contributed by atoms with Gasteiger partial charge in [-0.25, -0.2) is 4.68 Å². The maximum atomic E-state index is 12.4. The van der Waals surface area contributed by atoms with Crippen LogP contribution in [-0.2, 0) is 16.1 Å². The molecule has 0 aliphatic heterocycles. The van der Waals surface area contributed by atoms with E-state index in [2.05, 4.69) is 31.2 Å². The van der Waals surface area contributed by atoms with E-state index in [1.807, 2.05) is 18.2 Å². The van der Waals surface area contributed by atoms with Crippen LogP contribution in [0.25, 0.3) is 10.8 Å². The first-order chi connectivity index (χ1) is 13.5. The van der Waals surface area contributed by atoms with Crippen molar-refractivity contribution in [1.82, 2.24) is 15.1 Å². The Morgan fingerprint density at radius 1 is 1.32 bits per heavy atom. The van der Waals surface area contributed by atoms with Crippen LogP contribution in [0.3, 0.4) is 0 Å². The van der Waals surface area contributed by atoms with E-state index < -0.39 is 0 Å². The van der Waals surface area contributed by atoms with Crippen LogP contribution in [-0.4, -0.2) is 34.9 Å². The second-order valence-electron chi connectivity index (χ2n) is 8.29. The highest BCUT2D eigenvalue weighted by Gasteiger charge is 2.31. The van der Waals surface area contributed by atoms with E-state index >= 15 is 0 Å². The van der Waals surface area contributed by atoms with Crippen molar-refractivity contribution in [3.05, 3.63) is 40.8 Å². The van der Waals surface area contributed by atoms with E-state index in [0.29, 0.717) is 36.2 Å². The van der Waals surface area contributed by atoms with Gasteiger partial charge in [-0.05, 0) is 36.7 Å². The molecule has 0 radical (unpaired) electrons. The zero-order valence-corrected chi connectivity index (χ0v) is 17.1. The third-order valence-corrected chi connectivity index (χ3v) is 5.80. The van der Waals surface area contributed by atoms with Crippen molar-refractivity contribution < 1.29 is 9.53 Å². The maximum absolute atomic E-state index is 12.4. The molecule has 2 aromatic rings. The fourth-order valence-corrected chi connectivity index (χ4v) is 4.13. The van der Waals surface area contributed by atoms with Crippen molar-refractivity contribution in [2.75, 3.05) is 13.2 Å². The molecule has 1 aromatic heterocycles. The van der Waals surface area contributed by atoms with Crippen molar-refractivity contribution in [2.24, 2.45) is 17.8 Å². The number of benzene rings is 1. The Labute approximate surface area is 166 Å². The van der Waals surface area contributed by atoms with Gasteiger partial charge in [0.2, 0.25) is 5.91 Å². The third kappa shape index (κ3) is 4.98. The minimum atomic E-state index is -0.144. The molecule has 1 heterocycles. The lowest BCUT2D eigenvalue weighted by molar-refractivity contribution is -0.131. The van der Waals surface area contributed by atoms with E-state index in [4.69, 9.17) is 4.74 Å². The first kappa shape index (κ1) is 20.5. The van der Waals surface area contributed by atoms with Crippen molar-refractivity contribution in [3.63, 3.8) is 0 Å². The van der Waals surface area contributed by atoms with Crippen molar-refractivity contribution in [3.8, 4) is 0 Å². The number of nitrogens with zero attached hydrogens (tertiary/aromatic N) is 2. The zero-order valence-electron chi connectivity index (χ0n) is 17.1. The lowest BCUT2D eigenvalue weighted by Crippen LogP contribution is -2.38. The van der Waals surface area contributed by atoms with Gasteiger partial charge < -0.3 is 10.1 Å². The number of rotatable bonds is 7. The van der Waals surface area contributed by atoms with E-state index in [0.717, 1.165) is 11.8 Å². The van der Waals surface area contributed by atoms with Crippen molar-refractivity contribution in [2.45, 2.75) is 52.7 Å². The summed E-state index contributed by atoms with van der Waals surface area (Å²) in [6.45, 7) is 7.46. The van der Waals surface area contributed by atoms with Gasteiger partial charge in [0, 0.05) is 11.9 Å². The number of hydrogen-bond acceptors (Lipinski definition) is 4. The SMILES string of the molecule is CC1CCC(C(C)C)C(OCC(=O)NCCn2ncc3ccccc3c2=O)C1. The molecule has 3 rings (SSSR count). The van der Waals surface area contributed by atoms with Gasteiger partial charge in [-0.2, -0.15) is 5.10 Å². The van der Waals surface area contributed by atoms with E-state index in [9.17, 15) is 9.59 Å². The van der Waals surface area contributed by atoms with Crippen molar-refractivity contribution in [1.29, 1.82) is 0 Å². The van der Waals surface area contributed by atoms with Gasteiger partial charge in [0.05, 0.1) is 24.2 Å². The highest BCUT2D eigenvalue weighted by Crippen LogP contribution is 2.35. The van der Waals surface area contributed by atoms with Crippen LogP contribution in [0.2, 0.25) is 0 Å². The quantitative estimate of drug-likeness (QED) is 0.795. The molecule has 6 nitrogen and oxygen atoms in total. The Kier molecular flexibility index (Phi) is 6.83. The summed E-state index contributed by atoms with van der Waals surface area (Å²) in [4.78, 5) is 24.6. The van der Waals surface area contributed by atoms with Crippen LogP contribution in [0, 0.1) is 17.8 Å². The number of hydrogen-bond donors (Lipinski definition) is 1. The minimum absolute atomic E-state index is 0.0701. The molecular formula is C22H31N3O3. The molecular weight excluding hydrogens is 354 g/mol. The normalized spacial score (nSPS) is 22.5. The minimum Gasteiger partial charge on any atom is -0.368 e. The number of carbonyl (C=O) groups excluding carboxylic acids is 1. The summed E-state index contributed by atoms with van der Waals surface area (Å²) >= 11 is 0. The van der Waals surface area contributed by atoms with Gasteiger partial charge in [0.15, 0.2) is 0 Å². The molecule has 1 aromatic carbocycles. The van der Waals surface area contributed by atoms with Crippen LogP contribution >= 0.6 is 0 Å². The Bertz CT molecular complexity index is 861. The van der Waals surface area contributed by atoms with Crippen LogP contribution in [0.1, 0.15) is 40.0 Å². The molecule has 1 aliphatic rings. The summed E-state index contributed by atoms with van der Waals surface area (Å²) in [5, 5.41) is 8.48. The topological polar surface area (TPSA) is 73.2 Å². The monoisotopic (exact) mass is 385 g/mol. The third-order valence-electron chi connectivity index (χ3n) is 5.80. The van der Waals surface area contributed by atoms with E-state index in [-0.39, 0.29) is 24.2 Å². The maximum Gasteiger partial charge on any atom is 0.274 e. The molecule has 0 saturated heterocycles. The predicted molar refractivity (Wildman–Crippen MR) is 110 cm³/mol. The smallest absolute Gasteiger partial charge is 0.274 e. The first-order valence-electron chi connectivity index (χ1n) is 10.3. The van der Waals surface area contributed by atoms with Crippen LogP contribution in [0.15, 0.2) is 35.3 Å². The second kappa shape index (κ2) is 9.32. The average molecular weight is 386 g/mol. The van der Waals surface area contributed by atoms with Gasteiger partial charge in [-0.3, -0.25) is 9.59 Å². The van der Waals surface area contributed by atoms with Gasteiger partial charge >= 0.3 is 0 Å². The summed E-state index contributed by atoms with van der Waals surface area (Å²) in [7, 11) is 0. The molecule has 6 heteroatoms. The molecule has 1 saturated carbocycles. The van der Waals surface area contributed by atoms with Crippen LogP contribution in [0.4, 0.5) is 0 Å². The van der Waals surface area contributed by atoms with Gasteiger partial charge in [0.25, 0.3) is 5.56 Å². The summed E-state index contributed by atoms with van der Waals surface area (Å²) in [6, 6.07) is 7.37. The summed E-state index contributed by atoms with van der Waals surface area (Å²) in [5.41, 5.74) is -0.139. The highest BCUT2D eigenvalue weighted by molar-refractivity contribution is 5.80. The second-order valence-corrected chi connectivity index (χ2v) is 8.29. The van der Waals surface area contributed by atoms with Gasteiger partial charge in [-0.15, -0.1) is 0 Å². The largest absolute Gasteiger partial charge is 0.368 e. The number of fused-ring (bicyclic) bond motifs is 1. The molecule has 1 fully saturated rings. The van der Waals surface area contributed by atoms with Gasteiger partial charge in [-0.1, -0.05) is 45.4 Å². The number of nitrogens with one attached hydrogen (secondary N) is 1. The summed E-state index contributed by atoms with van der Waals surface area (Å²) in [6.07, 6.45) is 5.26. The fourth-order valence-electron chi connectivity index (χ4n) is 4.13. The lowest BCUT2D eigenvalue weighted by atomic mass is 9.75. The van der Waals surface area contributed by atoms with E-state index in [1.54, 1.807) is 12.3 Å². The van der Waals surface area contributed by atoms with Crippen LogP contribution in [0.5, 0.6) is 0 Å². The molecule has 3 atom stereocenters. The molecule has 152 valence electrons. The molecule has 1 aliphatic carbocycles. The molecule has 0 spiro atoms. The fraction of sp³-hybridized carbons (Fsp3) is 0.591. The van der Waals surface area contributed by atoms with Crippen LogP contribution < -0.4 is 10.9 Å². The number of ether oxygens (including phenoxy) is 1. The van der Waals surface area contributed by atoms with E-state index in [1.165, 1.54) is 17.5 Å². The Balaban J connectivity index is 1.48. The zero-order chi connectivity index (χ0) is 20.1. The highest BCUT2D eigenvalue weighted by atomic mass is 16.5. The van der Waals surface area contributed by atoms with Gasteiger partial charge in [0.1, 0.15) is 6.61 Å². The molecule has 0 bridgehead atoms. The molecule has 3 unspecified atom stereocenters. The number of amides is 1. The first-order valence-corrected chi connectivity index (χ1v) is 10.3. The predicted octanol–water partition coefficient (Wildman–Crippen LogP) is 2.99. The van der Waals surface area contributed by atoms with Crippen molar-refractivity contribution >= 4 is 16.7 Å². The summed E-state index contributed by atoms with van der Waals surface area (Å²) < 4.78 is 7.37.